The van der Waals surface area contributed by atoms with Crippen LogP contribution in [0.4, 0.5) is 0 Å². The van der Waals surface area contributed by atoms with Gasteiger partial charge in [0.25, 0.3) is 0 Å². The number of rotatable bonds is 2. The van der Waals surface area contributed by atoms with E-state index in [1.165, 1.54) is 12.8 Å². The first-order valence-electron chi connectivity index (χ1n) is 2.37. The van der Waals surface area contributed by atoms with Crippen molar-refractivity contribution in [1.82, 2.24) is 0 Å². The van der Waals surface area contributed by atoms with Gasteiger partial charge in [0, 0.05) is 11.0 Å². The van der Waals surface area contributed by atoms with Crippen molar-refractivity contribution in [2.24, 2.45) is 0 Å². The summed E-state index contributed by atoms with van der Waals surface area (Å²) in [6, 6.07) is 0. The van der Waals surface area contributed by atoms with Crippen LogP contribution in [0.5, 0.6) is 0 Å². The molecule has 1 radical (unpaired) electrons. The van der Waals surface area contributed by atoms with E-state index in [1.807, 2.05) is 11.8 Å². The van der Waals surface area contributed by atoms with Crippen molar-refractivity contribution in [2.75, 3.05) is 0 Å². The second-order valence-corrected chi connectivity index (χ2v) is 2.98. The predicted octanol–water partition coefficient (Wildman–Crippen LogP) is 2.06. The lowest BCUT2D eigenvalue weighted by Gasteiger charge is -1.83. The van der Waals surface area contributed by atoms with Gasteiger partial charge >= 0.3 is 0 Å². The van der Waals surface area contributed by atoms with Gasteiger partial charge in [-0.15, -0.1) is 0 Å². The molecule has 1 aliphatic rings. The molecule has 0 saturated heterocycles. The van der Waals surface area contributed by atoms with Crippen LogP contribution in [-0.4, -0.2) is 5.25 Å². The summed E-state index contributed by atoms with van der Waals surface area (Å²) in [4.78, 5) is 0. The Morgan fingerprint density at radius 3 is 2.50 bits per heavy atom. The van der Waals surface area contributed by atoms with Crippen molar-refractivity contribution in [2.45, 2.75) is 25.0 Å². The van der Waals surface area contributed by atoms with Crippen LogP contribution in [0.15, 0.2) is 0 Å². The molecule has 0 nitrogen and oxygen atoms in total. The minimum atomic E-state index is 1.01. The average Bonchev–Trinajstić information content (AvgIpc) is 2.21. The Labute approximate surface area is 43.3 Å². The zero-order valence-electron chi connectivity index (χ0n) is 3.98. The van der Waals surface area contributed by atoms with E-state index < -0.39 is 0 Å². The summed E-state index contributed by atoms with van der Waals surface area (Å²) < 4.78 is 0. The summed E-state index contributed by atoms with van der Waals surface area (Å²) in [6.45, 7) is 2.10. The highest BCUT2D eigenvalue weighted by molar-refractivity contribution is 8.02. The molecular formula is C5H9S. The molecule has 0 aromatic carbocycles. The van der Waals surface area contributed by atoms with Crippen molar-refractivity contribution < 1.29 is 0 Å². The Hall–Kier alpha value is 0.350. The zero-order valence-corrected chi connectivity index (χ0v) is 4.79. The fourth-order valence-electron chi connectivity index (χ4n) is 0.397. The summed E-state index contributed by atoms with van der Waals surface area (Å²) in [7, 11) is 0. The fraction of sp³-hybridized carbons (Fsp3) is 0.800. The second kappa shape index (κ2) is 1.87. The molecule has 0 N–H and O–H groups in total. The molecule has 0 aromatic rings. The molecule has 1 aliphatic carbocycles. The van der Waals surface area contributed by atoms with Gasteiger partial charge < -0.3 is 0 Å². The first-order valence-corrected chi connectivity index (χ1v) is 3.31. The third-order valence-electron chi connectivity index (χ3n) is 0.853. The molecule has 35 valence electrons. The summed E-state index contributed by atoms with van der Waals surface area (Å²) in [6.07, 6.45) is 2.91. The summed E-state index contributed by atoms with van der Waals surface area (Å²) in [5, 5.41) is 1.01. The number of hydrogen-bond acceptors (Lipinski definition) is 1. The highest BCUT2D eigenvalue weighted by atomic mass is 32.2. The highest BCUT2D eigenvalue weighted by Gasteiger charge is 2.19. The van der Waals surface area contributed by atoms with E-state index in [2.05, 4.69) is 12.7 Å². The quantitative estimate of drug-likeness (QED) is 0.513. The van der Waals surface area contributed by atoms with E-state index in [0.29, 0.717) is 0 Å². The van der Waals surface area contributed by atoms with Gasteiger partial charge in [-0.1, -0.05) is 6.92 Å². The maximum Gasteiger partial charge on any atom is 0.0138 e. The van der Waals surface area contributed by atoms with Gasteiger partial charge in [-0.05, 0) is 12.8 Å². The van der Waals surface area contributed by atoms with E-state index in [4.69, 9.17) is 0 Å². The van der Waals surface area contributed by atoms with Crippen molar-refractivity contribution in [3.8, 4) is 0 Å². The van der Waals surface area contributed by atoms with Crippen LogP contribution in [0.25, 0.3) is 0 Å². The number of hydrogen-bond donors (Lipinski definition) is 0. The van der Waals surface area contributed by atoms with Crippen LogP contribution < -0.4 is 0 Å². The predicted molar refractivity (Wildman–Crippen MR) is 30.6 cm³/mol. The second-order valence-electron chi connectivity index (χ2n) is 1.57. The lowest BCUT2D eigenvalue weighted by Crippen LogP contribution is -1.63. The van der Waals surface area contributed by atoms with Crippen LogP contribution >= 0.6 is 11.8 Å². The smallest absolute Gasteiger partial charge is 0.0138 e. The average molecular weight is 101 g/mol. The van der Waals surface area contributed by atoms with Crippen LogP contribution in [0.2, 0.25) is 0 Å². The monoisotopic (exact) mass is 101 g/mol. The summed E-state index contributed by atoms with van der Waals surface area (Å²) >= 11 is 1.97. The molecule has 0 atom stereocenters. The molecule has 0 bridgehead atoms. The molecule has 0 unspecified atom stereocenters. The third-order valence-corrected chi connectivity index (χ3v) is 1.98. The Morgan fingerprint density at radius 2 is 2.33 bits per heavy atom. The molecule has 0 heterocycles. The van der Waals surface area contributed by atoms with Crippen molar-refractivity contribution in [3.05, 3.63) is 5.75 Å². The molecular weight excluding hydrogens is 92.1 g/mol. The maximum absolute atomic E-state index is 2.18. The Balaban J connectivity index is 1.88. The van der Waals surface area contributed by atoms with E-state index in [1.54, 1.807) is 0 Å². The SMILES string of the molecule is C[CH]SC1CC1. The van der Waals surface area contributed by atoms with Gasteiger partial charge in [0.05, 0.1) is 0 Å². The molecule has 1 heteroatoms. The Kier molecular flexibility index (Phi) is 1.41. The first-order chi connectivity index (χ1) is 2.93. The van der Waals surface area contributed by atoms with Crippen molar-refractivity contribution >= 4 is 11.8 Å². The van der Waals surface area contributed by atoms with E-state index >= 15 is 0 Å². The van der Waals surface area contributed by atoms with Crippen molar-refractivity contribution in [1.29, 1.82) is 0 Å². The topological polar surface area (TPSA) is 0 Å². The molecule has 0 spiro atoms. The van der Waals surface area contributed by atoms with E-state index in [9.17, 15) is 0 Å². The lowest BCUT2D eigenvalue weighted by molar-refractivity contribution is 1.50. The molecule has 0 amide bonds. The lowest BCUT2D eigenvalue weighted by atomic mass is 11.0. The normalized spacial score (nSPS) is 21.5. The van der Waals surface area contributed by atoms with Crippen molar-refractivity contribution in [3.63, 3.8) is 0 Å². The van der Waals surface area contributed by atoms with E-state index in [0.717, 1.165) is 5.25 Å². The van der Waals surface area contributed by atoms with Gasteiger partial charge in [0.2, 0.25) is 0 Å². The minimum Gasteiger partial charge on any atom is -0.154 e. The van der Waals surface area contributed by atoms with Gasteiger partial charge in [0.15, 0.2) is 0 Å². The van der Waals surface area contributed by atoms with Gasteiger partial charge in [-0.2, -0.15) is 11.8 Å². The largest absolute Gasteiger partial charge is 0.154 e. The van der Waals surface area contributed by atoms with Gasteiger partial charge in [-0.3, -0.25) is 0 Å². The fourth-order valence-corrected chi connectivity index (χ4v) is 1.19. The third kappa shape index (κ3) is 1.21. The number of thioether (sulfide) groups is 1. The van der Waals surface area contributed by atoms with Crippen LogP contribution in [0.3, 0.4) is 0 Å². The zero-order chi connectivity index (χ0) is 4.41. The molecule has 1 rings (SSSR count). The summed E-state index contributed by atoms with van der Waals surface area (Å²) in [5.41, 5.74) is 0. The molecule has 1 fully saturated rings. The van der Waals surface area contributed by atoms with Crippen LogP contribution in [0.1, 0.15) is 19.8 Å². The Bertz CT molecular complexity index is 39.2. The first kappa shape index (κ1) is 4.51. The maximum atomic E-state index is 2.18. The standard InChI is InChI=1S/C5H9S/c1-2-6-5-3-4-5/h2,5H,3-4H2,1H3. The van der Waals surface area contributed by atoms with Gasteiger partial charge in [-0.25, -0.2) is 0 Å². The van der Waals surface area contributed by atoms with Crippen LogP contribution in [0, 0.1) is 5.75 Å². The van der Waals surface area contributed by atoms with E-state index in [-0.39, 0.29) is 0 Å². The summed E-state index contributed by atoms with van der Waals surface area (Å²) in [5.74, 6) is 2.18. The molecule has 6 heavy (non-hydrogen) atoms. The minimum absolute atomic E-state index is 1.01. The molecule has 0 aliphatic heterocycles. The van der Waals surface area contributed by atoms with Crippen LogP contribution in [-0.2, 0) is 0 Å². The molecule has 1 saturated carbocycles. The van der Waals surface area contributed by atoms with Gasteiger partial charge in [0.1, 0.15) is 0 Å². The molecule has 0 aromatic heterocycles. The Morgan fingerprint density at radius 1 is 1.67 bits per heavy atom. The highest BCUT2D eigenvalue weighted by Crippen LogP contribution is 2.34.